The van der Waals surface area contributed by atoms with E-state index >= 15 is 0 Å². The number of amides is 1. The zero-order valence-corrected chi connectivity index (χ0v) is 13.9. The zero-order chi connectivity index (χ0) is 16.5. The molecule has 0 spiro atoms. The van der Waals surface area contributed by atoms with Crippen LogP contribution in [0.25, 0.3) is 0 Å². The fraction of sp³-hybridized carbons (Fsp3) is 0.176. The summed E-state index contributed by atoms with van der Waals surface area (Å²) in [6.45, 7) is 0.207. The molecule has 0 saturated carbocycles. The third-order valence-electron chi connectivity index (χ3n) is 2.86. The van der Waals surface area contributed by atoms with Crippen molar-refractivity contribution in [3.63, 3.8) is 0 Å². The molecule has 0 atom stereocenters. The van der Waals surface area contributed by atoms with E-state index in [-0.39, 0.29) is 25.7 Å². The van der Waals surface area contributed by atoms with Crippen LogP contribution in [0.5, 0.6) is 5.75 Å². The molecule has 2 aromatic rings. The van der Waals surface area contributed by atoms with Crippen molar-refractivity contribution in [2.75, 3.05) is 19.8 Å². The number of ether oxygens (including phenoxy) is 2. The highest BCUT2D eigenvalue weighted by Crippen LogP contribution is 2.10. The number of hydrogen-bond acceptors (Lipinski definition) is 4. The fourth-order valence-electron chi connectivity index (χ4n) is 1.74. The lowest BCUT2D eigenvalue weighted by Crippen LogP contribution is -2.31. The molecule has 0 aliphatic carbocycles. The number of para-hydroxylation sites is 1. The first-order chi connectivity index (χ1) is 11.1. The molecule has 0 aliphatic heterocycles. The first kappa shape index (κ1) is 17.0. The van der Waals surface area contributed by atoms with E-state index in [2.05, 4.69) is 21.2 Å². The van der Waals surface area contributed by atoms with Crippen molar-refractivity contribution in [1.82, 2.24) is 5.32 Å². The average molecular weight is 378 g/mol. The molecular formula is C17H16BrNO4. The van der Waals surface area contributed by atoms with Crippen LogP contribution in [0.2, 0.25) is 0 Å². The molecule has 1 N–H and O–H groups in total. The highest BCUT2D eigenvalue weighted by molar-refractivity contribution is 9.10. The van der Waals surface area contributed by atoms with Gasteiger partial charge < -0.3 is 14.8 Å². The van der Waals surface area contributed by atoms with Gasteiger partial charge in [0.25, 0.3) is 5.91 Å². The van der Waals surface area contributed by atoms with Crippen LogP contribution in [0.15, 0.2) is 59.1 Å². The minimum absolute atomic E-state index is 0.127. The number of nitrogens with one attached hydrogen (secondary N) is 1. The predicted molar refractivity (Wildman–Crippen MR) is 89.4 cm³/mol. The number of esters is 1. The molecule has 0 fully saturated rings. The first-order valence-electron chi connectivity index (χ1n) is 7.02. The fourth-order valence-corrected chi connectivity index (χ4v) is 2.00. The van der Waals surface area contributed by atoms with Gasteiger partial charge in [-0.05, 0) is 36.4 Å². The summed E-state index contributed by atoms with van der Waals surface area (Å²) in [6.07, 6.45) is 0. The van der Waals surface area contributed by atoms with Gasteiger partial charge in [0.05, 0.1) is 0 Å². The first-order valence-corrected chi connectivity index (χ1v) is 7.81. The van der Waals surface area contributed by atoms with E-state index in [1.54, 1.807) is 24.3 Å². The lowest BCUT2D eigenvalue weighted by Gasteiger charge is -2.08. The summed E-state index contributed by atoms with van der Waals surface area (Å²) in [5.41, 5.74) is 0.480. The van der Waals surface area contributed by atoms with Gasteiger partial charge >= 0.3 is 5.97 Å². The van der Waals surface area contributed by atoms with Gasteiger partial charge in [0.15, 0.2) is 0 Å². The minimum Gasteiger partial charge on any atom is -0.490 e. The maximum Gasteiger partial charge on any atom is 0.325 e. The van der Waals surface area contributed by atoms with Gasteiger partial charge in [0.2, 0.25) is 0 Å². The normalized spacial score (nSPS) is 9.96. The van der Waals surface area contributed by atoms with E-state index in [0.29, 0.717) is 11.3 Å². The molecule has 6 heteroatoms. The molecular weight excluding hydrogens is 362 g/mol. The molecule has 5 nitrogen and oxygen atoms in total. The molecule has 0 saturated heterocycles. The van der Waals surface area contributed by atoms with Gasteiger partial charge in [0, 0.05) is 10.0 Å². The van der Waals surface area contributed by atoms with Crippen molar-refractivity contribution in [1.29, 1.82) is 0 Å². The number of hydrogen-bond donors (Lipinski definition) is 1. The number of rotatable bonds is 7. The second-order valence-corrected chi connectivity index (χ2v) is 5.49. The van der Waals surface area contributed by atoms with Gasteiger partial charge in [-0.2, -0.15) is 0 Å². The molecule has 2 rings (SSSR count). The van der Waals surface area contributed by atoms with E-state index in [1.807, 2.05) is 30.3 Å². The lowest BCUT2D eigenvalue weighted by atomic mass is 10.2. The Morgan fingerprint density at radius 3 is 2.35 bits per heavy atom. The van der Waals surface area contributed by atoms with E-state index in [4.69, 9.17) is 9.47 Å². The van der Waals surface area contributed by atoms with Crippen LogP contribution in [0, 0.1) is 0 Å². The Morgan fingerprint density at radius 2 is 1.65 bits per heavy atom. The zero-order valence-electron chi connectivity index (χ0n) is 12.3. The summed E-state index contributed by atoms with van der Waals surface area (Å²) >= 11 is 3.29. The Balaban J connectivity index is 1.63. The topological polar surface area (TPSA) is 64.6 Å². The quantitative estimate of drug-likeness (QED) is 0.595. The van der Waals surface area contributed by atoms with Crippen molar-refractivity contribution >= 4 is 27.8 Å². The van der Waals surface area contributed by atoms with E-state index < -0.39 is 5.97 Å². The molecule has 0 radical (unpaired) electrons. The average Bonchev–Trinajstić information content (AvgIpc) is 2.58. The lowest BCUT2D eigenvalue weighted by molar-refractivity contribution is -0.143. The molecule has 23 heavy (non-hydrogen) atoms. The number of halogens is 1. The van der Waals surface area contributed by atoms with E-state index in [0.717, 1.165) is 4.47 Å². The Morgan fingerprint density at radius 1 is 0.957 bits per heavy atom. The van der Waals surface area contributed by atoms with Crippen molar-refractivity contribution in [3.8, 4) is 5.75 Å². The number of carbonyl (C=O) groups is 2. The Labute approximate surface area is 142 Å². The molecule has 120 valence electrons. The largest absolute Gasteiger partial charge is 0.490 e. The third-order valence-corrected chi connectivity index (χ3v) is 3.39. The Hall–Kier alpha value is -2.34. The Kier molecular flexibility index (Phi) is 6.62. The van der Waals surface area contributed by atoms with Crippen LogP contribution in [0.1, 0.15) is 10.4 Å². The number of benzene rings is 2. The SMILES string of the molecule is O=C(CNC(=O)c1ccc(Br)cc1)OCCOc1ccccc1. The minimum atomic E-state index is -0.507. The van der Waals surface area contributed by atoms with Crippen molar-refractivity contribution in [2.24, 2.45) is 0 Å². The van der Waals surface area contributed by atoms with Gasteiger partial charge in [-0.25, -0.2) is 0 Å². The smallest absolute Gasteiger partial charge is 0.325 e. The molecule has 0 aliphatic rings. The van der Waals surface area contributed by atoms with Crippen LogP contribution in [0.3, 0.4) is 0 Å². The monoisotopic (exact) mass is 377 g/mol. The highest BCUT2D eigenvalue weighted by Gasteiger charge is 2.08. The molecule has 0 aromatic heterocycles. The van der Waals surface area contributed by atoms with Crippen molar-refractivity contribution < 1.29 is 19.1 Å². The van der Waals surface area contributed by atoms with Gasteiger partial charge in [-0.1, -0.05) is 34.1 Å². The van der Waals surface area contributed by atoms with Crippen LogP contribution < -0.4 is 10.1 Å². The molecule has 0 bridgehead atoms. The van der Waals surface area contributed by atoms with Crippen LogP contribution >= 0.6 is 15.9 Å². The van der Waals surface area contributed by atoms with Crippen molar-refractivity contribution in [2.45, 2.75) is 0 Å². The van der Waals surface area contributed by atoms with Gasteiger partial charge in [-0.3, -0.25) is 9.59 Å². The predicted octanol–water partition coefficient (Wildman–Crippen LogP) is 2.80. The maximum absolute atomic E-state index is 11.8. The second-order valence-electron chi connectivity index (χ2n) is 4.57. The van der Waals surface area contributed by atoms with Gasteiger partial charge in [0.1, 0.15) is 25.5 Å². The standard InChI is InChI=1S/C17H16BrNO4/c18-14-8-6-13(7-9-14)17(21)19-12-16(20)23-11-10-22-15-4-2-1-3-5-15/h1-9H,10-12H2,(H,19,21). The molecule has 0 heterocycles. The van der Waals surface area contributed by atoms with Crippen LogP contribution in [-0.4, -0.2) is 31.6 Å². The van der Waals surface area contributed by atoms with E-state index in [1.165, 1.54) is 0 Å². The summed E-state index contributed by atoms with van der Waals surface area (Å²) in [5, 5.41) is 2.51. The second kappa shape index (κ2) is 8.95. The summed E-state index contributed by atoms with van der Waals surface area (Å²) in [5.74, 6) is -0.116. The summed E-state index contributed by atoms with van der Waals surface area (Å²) in [4.78, 5) is 23.4. The molecule has 1 amide bonds. The maximum atomic E-state index is 11.8. The summed E-state index contributed by atoms with van der Waals surface area (Å²) in [6, 6.07) is 16.1. The van der Waals surface area contributed by atoms with Crippen molar-refractivity contribution in [3.05, 3.63) is 64.6 Å². The van der Waals surface area contributed by atoms with Crippen LogP contribution in [-0.2, 0) is 9.53 Å². The highest BCUT2D eigenvalue weighted by atomic mass is 79.9. The molecule has 2 aromatic carbocycles. The van der Waals surface area contributed by atoms with Crippen LogP contribution in [0.4, 0.5) is 0 Å². The summed E-state index contributed by atoms with van der Waals surface area (Å²) in [7, 11) is 0. The third kappa shape index (κ3) is 6.12. The van der Waals surface area contributed by atoms with Gasteiger partial charge in [-0.15, -0.1) is 0 Å². The Bertz CT molecular complexity index is 643. The number of carbonyl (C=O) groups excluding carboxylic acids is 2. The summed E-state index contributed by atoms with van der Waals surface area (Å²) < 4.78 is 11.3. The van der Waals surface area contributed by atoms with E-state index in [9.17, 15) is 9.59 Å². The molecule has 0 unspecified atom stereocenters.